The van der Waals surface area contributed by atoms with Crippen molar-refractivity contribution in [1.29, 1.82) is 0 Å². The third kappa shape index (κ3) is 4.23. The summed E-state index contributed by atoms with van der Waals surface area (Å²) in [6.07, 6.45) is 7.81. The molecule has 0 radical (unpaired) electrons. The number of fused-ring (bicyclic) bond motifs is 7. The molecule has 0 saturated heterocycles. The standard InChI is InChI=1S/C46H29NO/c1-3-12-31-26-34(22-20-29(31)10-1)44-36-15-5-6-16-37(36)45(35-23-21-30-11-2-4-13-32(30)27-35)40-28-33(14-9-18-38(40)44)41-24-25-43-46(47-41)39-17-7-8-19-42(39)48-43/h1-13,15-28H,14H2. The van der Waals surface area contributed by atoms with Crippen molar-refractivity contribution in [2.24, 2.45) is 0 Å². The lowest BCUT2D eigenvalue weighted by atomic mass is 9.82. The largest absolute Gasteiger partial charge is 0.454 e. The van der Waals surface area contributed by atoms with Crippen LogP contribution in [-0.4, -0.2) is 4.98 Å². The molecule has 2 aromatic heterocycles. The predicted octanol–water partition coefficient (Wildman–Crippen LogP) is 12.7. The van der Waals surface area contributed by atoms with Gasteiger partial charge in [0.2, 0.25) is 0 Å². The summed E-state index contributed by atoms with van der Waals surface area (Å²) in [4.78, 5) is 5.23. The van der Waals surface area contributed by atoms with Crippen LogP contribution in [0.5, 0.6) is 0 Å². The summed E-state index contributed by atoms with van der Waals surface area (Å²) in [5.41, 5.74) is 12.1. The number of para-hydroxylation sites is 1. The van der Waals surface area contributed by atoms with E-state index in [0.29, 0.717) is 0 Å². The highest BCUT2D eigenvalue weighted by atomic mass is 16.3. The summed E-state index contributed by atoms with van der Waals surface area (Å²) in [6, 6.07) is 52.2. The average molecular weight is 612 g/mol. The highest BCUT2D eigenvalue weighted by Crippen LogP contribution is 2.46. The van der Waals surface area contributed by atoms with Gasteiger partial charge in [0.1, 0.15) is 11.1 Å². The minimum absolute atomic E-state index is 0.771. The van der Waals surface area contributed by atoms with Crippen molar-refractivity contribution in [3.05, 3.63) is 168 Å². The molecule has 0 unspecified atom stereocenters. The molecule has 7 aromatic carbocycles. The second-order valence-electron chi connectivity index (χ2n) is 12.7. The molecule has 0 amide bonds. The fourth-order valence-corrected chi connectivity index (χ4v) is 7.60. The highest BCUT2D eigenvalue weighted by molar-refractivity contribution is 6.14. The van der Waals surface area contributed by atoms with Crippen LogP contribution in [0.4, 0.5) is 0 Å². The average Bonchev–Trinajstić information content (AvgIpc) is 3.37. The maximum atomic E-state index is 6.14. The van der Waals surface area contributed by atoms with Crippen LogP contribution in [-0.2, 0) is 0 Å². The molecule has 0 fully saturated rings. The Morgan fingerprint density at radius 1 is 0.479 bits per heavy atom. The van der Waals surface area contributed by atoms with Crippen LogP contribution >= 0.6 is 0 Å². The second kappa shape index (κ2) is 10.7. The van der Waals surface area contributed by atoms with E-state index in [1.54, 1.807) is 0 Å². The normalized spacial score (nSPS) is 13.0. The summed E-state index contributed by atoms with van der Waals surface area (Å²) < 4.78 is 6.14. The molecule has 9 aromatic rings. The van der Waals surface area contributed by atoms with Crippen molar-refractivity contribution in [2.45, 2.75) is 6.42 Å². The minimum atomic E-state index is 0.771. The molecule has 2 heteroatoms. The van der Waals surface area contributed by atoms with Crippen LogP contribution < -0.4 is 0 Å². The Hall–Kier alpha value is -6.25. The van der Waals surface area contributed by atoms with Gasteiger partial charge in [-0.2, -0.15) is 0 Å². The summed E-state index contributed by atoms with van der Waals surface area (Å²) in [7, 11) is 0. The van der Waals surface area contributed by atoms with Crippen molar-refractivity contribution in [2.75, 3.05) is 0 Å². The van der Waals surface area contributed by atoms with Gasteiger partial charge in [-0.15, -0.1) is 0 Å². The zero-order chi connectivity index (χ0) is 31.6. The topological polar surface area (TPSA) is 26.0 Å². The third-order valence-corrected chi connectivity index (χ3v) is 9.86. The first-order chi connectivity index (χ1) is 23.8. The number of benzene rings is 7. The van der Waals surface area contributed by atoms with Crippen LogP contribution in [0.2, 0.25) is 0 Å². The van der Waals surface area contributed by atoms with Gasteiger partial charge in [-0.05, 0) is 120 Å². The van der Waals surface area contributed by atoms with E-state index in [-0.39, 0.29) is 0 Å². The smallest absolute Gasteiger partial charge is 0.153 e. The first-order valence-corrected chi connectivity index (χ1v) is 16.5. The zero-order valence-corrected chi connectivity index (χ0v) is 26.2. The number of allylic oxidation sites excluding steroid dienone is 2. The molecule has 10 rings (SSSR count). The number of aromatic nitrogens is 1. The van der Waals surface area contributed by atoms with Gasteiger partial charge in [0, 0.05) is 5.39 Å². The first-order valence-electron chi connectivity index (χ1n) is 16.5. The summed E-state index contributed by atoms with van der Waals surface area (Å²) in [6.45, 7) is 0. The fraction of sp³-hybridized carbons (Fsp3) is 0.0217. The van der Waals surface area contributed by atoms with Gasteiger partial charge in [0.25, 0.3) is 0 Å². The molecule has 0 saturated carbocycles. The van der Waals surface area contributed by atoms with E-state index in [2.05, 4.69) is 146 Å². The van der Waals surface area contributed by atoms with E-state index in [1.165, 1.54) is 71.3 Å². The maximum Gasteiger partial charge on any atom is 0.153 e. The Labute approximate surface area is 277 Å². The molecule has 0 bridgehead atoms. The monoisotopic (exact) mass is 611 g/mol. The highest BCUT2D eigenvalue weighted by Gasteiger charge is 2.22. The van der Waals surface area contributed by atoms with Crippen LogP contribution in [0.15, 0.2) is 156 Å². The van der Waals surface area contributed by atoms with Crippen molar-refractivity contribution in [1.82, 2.24) is 4.98 Å². The summed E-state index contributed by atoms with van der Waals surface area (Å²) in [5.74, 6) is 0. The molecule has 2 heterocycles. The number of hydrogen-bond donors (Lipinski definition) is 0. The zero-order valence-electron chi connectivity index (χ0n) is 26.2. The fourth-order valence-electron chi connectivity index (χ4n) is 7.60. The third-order valence-electron chi connectivity index (χ3n) is 9.86. The van der Waals surface area contributed by atoms with Gasteiger partial charge in [-0.3, -0.25) is 0 Å². The van der Waals surface area contributed by atoms with Gasteiger partial charge in [0.15, 0.2) is 5.58 Å². The molecular weight excluding hydrogens is 583 g/mol. The molecule has 0 atom stereocenters. The van der Waals surface area contributed by atoms with Crippen molar-refractivity contribution >= 4 is 72.1 Å². The Morgan fingerprint density at radius 2 is 1.06 bits per heavy atom. The molecule has 0 N–H and O–H groups in total. The second-order valence-corrected chi connectivity index (χ2v) is 12.7. The van der Waals surface area contributed by atoms with Crippen LogP contribution in [0.25, 0.3) is 94.4 Å². The van der Waals surface area contributed by atoms with E-state index >= 15 is 0 Å². The number of hydrogen-bond acceptors (Lipinski definition) is 2. The molecule has 2 nitrogen and oxygen atoms in total. The molecular formula is C46H29NO. The van der Waals surface area contributed by atoms with Gasteiger partial charge >= 0.3 is 0 Å². The molecule has 1 aliphatic rings. The van der Waals surface area contributed by atoms with Crippen LogP contribution in [0.1, 0.15) is 23.2 Å². The number of pyridine rings is 1. The lowest BCUT2D eigenvalue weighted by molar-refractivity contribution is 0.668. The summed E-state index contributed by atoms with van der Waals surface area (Å²) in [5, 5.41) is 8.50. The Bertz CT molecular complexity index is 2810. The Kier molecular flexibility index (Phi) is 5.97. The van der Waals surface area contributed by atoms with Crippen LogP contribution in [0, 0.1) is 0 Å². The van der Waals surface area contributed by atoms with Crippen LogP contribution in [0.3, 0.4) is 0 Å². The van der Waals surface area contributed by atoms with Crippen molar-refractivity contribution in [3.63, 3.8) is 0 Å². The molecule has 0 aliphatic heterocycles. The lowest BCUT2D eigenvalue weighted by Crippen LogP contribution is -1.97. The van der Waals surface area contributed by atoms with E-state index in [0.717, 1.165) is 34.2 Å². The molecule has 224 valence electrons. The van der Waals surface area contributed by atoms with Gasteiger partial charge in [-0.25, -0.2) is 4.98 Å². The lowest BCUT2D eigenvalue weighted by Gasteiger charge is -2.21. The number of rotatable bonds is 3. The maximum absolute atomic E-state index is 6.14. The van der Waals surface area contributed by atoms with Gasteiger partial charge in [0.05, 0.1) is 5.69 Å². The van der Waals surface area contributed by atoms with Gasteiger partial charge < -0.3 is 4.42 Å². The Balaban J connectivity index is 1.29. The quantitative estimate of drug-likeness (QED) is 0.199. The minimum Gasteiger partial charge on any atom is -0.454 e. The van der Waals surface area contributed by atoms with Crippen molar-refractivity contribution < 1.29 is 4.42 Å². The van der Waals surface area contributed by atoms with Gasteiger partial charge in [-0.1, -0.05) is 121 Å². The SMILES string of the molecule is C1=Cc2c(c(-c3ccc4ccccc4c3)c3ccccc3c2-c2ccc3ccccc3c2)C=C(c2ccc3oc4ccccc4c3n2)C1. The first kappa shape index (κ1) is 26.9. The Morgan fingerprint density at radius 3 is 1.75 bits per heavy atom. The predicted molar refractivity (Wildman–Crippen MR) is 203 cm³/mol. The van der Waals surface area contributed by atoms with E-state index < -0.39 is 0 Å². The van der Waals surface area contributed by atoms with E-state index in [4.69, 9.17) is 9.40 Å². The van der Waals surface area contributed by atoms with E-state index in [1.807, 2.05) is 18.2 Å². The summed E-state index contributed by atoms with van der Waals surface area (Å²) >= 11 is 0. The molecule has 0 spiro atoms. The van der Waals surface area contributed by atoms with Crippen molar-refractivity contribution in [3.8, 4) is 22.3 Å². The number of nitrogens with zero attached hydrogens (tertiary/aromatic N) is 1. The molecule has 1 aliphatic carbocycles. The van der Waals surface area contributed by atoms with E-state index in [9.17, 15) is 0 Å². The number of furan rings is 1. The molecule has 48 heavy (non-hydrogen) atoms.